The van der Waals surface area contributed by atoms with Crippen LogP contribution in [0.15, 0.2) is 47.8 Å². The van der Waals surface area contributed by atoms with Gasteiger partial charge in [0.05, 0.1) is 5.75 Å². The van der Waals surface area contributed by atoms with Crippen molar-refractivity contribution in [2.45, 2.75) is 19.0 Å². The van der Waals surface area contributed by atoms with Gasteiger partial charge in [0.1, 0.15) is 0 Å². The second-order valence-corrected chi connectivity index (χ2v) is 5.19. The number of hydrogen-bond donors (Lipinski definition) is 0. The van der Waals surface area contributed by atoms with Crippen molar-refractivity contribution >= 4 is 23.4 Å². The molecule has 1 heterocycles. The number of anilines is 1. The maximum atomic E-state index is 12.3. The van der Waals surface area contributed by atoms with E-state index in [1.54, 1.807) is 11.1 Å². The first kappa shape index (κ1) is 14.5. The zero-order valence-corrected chi connectivity index (χ0v) is 12.4. The lowest BCUT2D eigenvalue weighted by atomic mass is 10.3. The van der Waals surface area contributed by atoms with Gasteiger partial charge >= 0.3 is 0 Å². The zero-order valence-electron chi connectivity index (χ0n) is 11.6. The van der Waals surface area contributed by atoms with Crippen molar-refractivity contribution in [2.24, 2.45) is 0 Å². The molecule has 0 N–H and O–H groups in total. The molecule has 0 aliphatic carbocycles. The van der Waals surface area contributed by atoms with E-state index in [4.69, 9.17) is 0 Å². The molecule has 0 bridgehead atoms. The average Bonchev–Trinajstić information content (AvgIpc) is 2.47. The van der Waals surface area contributed by atoms with Gasteiger partial charge < -0.3 is 4.90 Å². The van der Waals surface area contributed by atoms with Gasteiger partial charge in [-0.2, -0.15) is 0 Å². The molecule has 0 aliphatic rings. The van der Waals surface area contributed by atoms with Gasteiger partial charge in [-0.1, -0.05) is 30.0 Å². The van der Waals surface area contributed by atoms with Crippen LogP contribution < -0.4 is 4.90 Å². The minimum atomic E-state index is 0.0637. The van der Waals surface area contributed by atoms with Crippen molar-refractivity contribution in [3.8, 4) is 0 Å². The summed E-state index contributed by atoms with van der Waals surface area (Å²) in [5, 5.41) is 0.641. The smallest absolute Gasteiger partial charge is 0.237 e. The van der Waals surface area contributed by atoms with Crippen molar-refractivity contribution in [2.75, 3.05) is 17.2 Å². The number of aryl methyl sites for hydroxylation is 1. The minimum absolute atomic E-state index is 0.0637. The third-order valence-corrected chi connectivity index (χ3v) is 3.63. The zero-order chi connectivity index (χ0) is 14.4. The lowest BCUT2D eigenvalue weighted by Gasteiger charge is -2.20. The van der Waals surface area contributed by atoms with E-state index in [9.17, 15) is 4.79 Å². The van der Waals surface area contributed by atoms with E-state index >= 15 is 0 Å². The topological polar surface area (TPSA) is 46.1 Å². The minimum Gasteiger partial charge on any atom is -0.312 e. The fourth-order valence-electron chi connectivity index (χ4n) is 1.81. The molecule has 0 saturated heterocycles. The SMILES string of the molecule is CCN(C(=O)CSc1nccc(C)n1)c1ccccc1. The second-order valence-electron chi connectivity index (χ2n) is 4.24. The molecular weight excluding hydrogens is 270 g/mol. The van der Waals surface area contributed by atoms with E-state index in [1.807, 2.05) is 50.2 Å². The molecule has 0 saturated carbocycles. The summed E-state index contributed by atoms with van der Waals surface area (Å²) in [6, 6.07) is 11.5. The Morgan fingerprint density at radius 3 is 2.65 bits per heavy atom. The van der Waals surface area contributed by atoms with Crippen LogP contribution in [0.2, 0.25) is 0 Å². The summed E-state index contributed by atoms with van der Waals surface area (Å²) in [5.41, 5.74) is 1.83. The Kier molecular flexibility index (Phi) is 5.12. The normalized spacial score (nSPS) is 10.3. The fraction of sp³-hybridized carbons (Fsp3) is 0.267. The van der Waals surface area contributed by atoms with E-state index in [-0.39, 0.29) is 5.91 Å². The van der Waals surface area contributed by atoms with Crippen LogP contribution in [0.25, 0.3) is 0 Å². The van der Waals surface area contributed by atoms with Gasteiger partial charge in [0.25, 0.3) is 0 Å². The number of carbonyl (C=O) groups is 1. The van der Waals surface area contributed by atoms with Crippen molar-refractivity contribution in [3.63, 3.8) is 0 Å². The van der Waals surface area contributed by atoms with E-state index in [1.165, 1.54) is 11.8 Å². The van der Waals surface area contributed by atoms with Crippen LogP contribution in [0.1, 0.15) is 12.6 Å². The van der Waals surface area contributed by atoms with Gasteiger partial charge in [-0.3, -0.25) is 4.79 Å². The maximum absolute atomic E-state index is 12.3. The molecular formula is C15H17N3OS. The van der Waals surface area contributed by atoms with Crippen LogP contribution >= 0.6 is 11.8 Å². The number of amides is 1. The molecule has 1 aromatic carbocycles. The van der Waals surface area contributed by atoms with Gasteiger partial charge in [0, 0.05) is 24.1 Å². The molecule has 20 heavy (non-hydrogen) atoms. The van der Waals surface area contributed by atoms with Gasteiger partial charge in [0.2, 0.25) is 5.91 Å². The molecule has 2 rings (SSSR count). The molecule has 1 aromatic heterocycles. The van der Waals surface area contributed by atoms with E-state index in [0.717, 1.165) is 11.4 Å². The van der Waals surface area contributed by atoms with Crippen molar-refractivity contribution in [3.05, 3.63) is 48.3 Å². The number of rotatable bonds is 5. The Labute approximate surface area is 123 Å². The monoisotopic (exact) mass is 287 g/mol. The Bertz CT molecular complexity index is 574. The molecule has 0 aliphatic heterocycles. The number of para-hydroxylation sites is 1. The molecule has 1 amide bonds. The number of hydrogen-bond acceptors (Lipinski definition) is 4. The fourth-order valence-corrected chi connectivity index (χ4v) is 2.56. The molecule has 0 atom stereocenters. The molecule has 0 spiro atoms. The summed E-state index contributed by atoms with van der Waals surface area (Å²) in [7, 11) is 0. The third-order valence-electron chi connectivity index (χ3n) is 2.78. The number of aromatic nitrogens is 2. The predicted molar refractivity (Wildman–Crippen MR) is 82.0 cm³/mol. The summed E-state index contributed by atoms with van der Waals surface area (Å²) in [4.78, 5) is 22.5. The summed E-state index contributed by atoms with van der Waals surface area (Å²) < 4.78 is 0. The predicted octanol–water partition coefficient (Wildman–Crippen LogP) is 2.93. The highest BCUT2D eigenvalue weighted by Gasteiger charge is 2.14. The molecule has 0 fully saturated rings. The van der Waals surface area contributed by atoms with Crippen molar-refractivity contribution in [1.29, 1.82) is 0 Å². The summed E-state index contributed by atoms with van der Waals surface area (Å²) in [6.45, 7) is 4.53. The third kappa shape index (κ3) is 3.81. The molecule has 2 aromatic rings. The summed E-state index contributed by atoms with van der Waals surface area (Å²) >= 11 is 1.37. The quantitative estimate of drug-likeness (QED) is 0.626. The highest BCUT2D eigenvalue weighted by atomic mass is 32.2. The van der Waals surface area contributed by atoms with Crippen LogP contribution in [0.3, 0.4) is 0 Å². The summed E-state index contributed by atoms with van der Waals surface area (Å²) in [5.74, 6) is 0.403. The average molecular weight is 287 g/mol. The van der Waals surface area contributed by atoms with Crippen LogP contribution in [0.4, 0.5) is 5.69 Å². The number of carbonyl (C=O) groups excluding carboxylic acids is 1. The maximum Gasteiger partial charge on any atom is 0.237 e. The lowest BCUT2D eigenvalue weighted by Crippen LogP contribution is -2.32. The van der Waals surface area contributed by atoms with Crippen LogP contribution in [0.5, 0.6) is 0 Å². The standard InChI is InChI=1S/C15H17N3OS/c1-3-18(13-7-5-4-6-8-13)14(19)11-20-15-16-10-9-12(2)17-15/h4-10H,3,11H2,1-2H3. The molecule has 0 radical (unpaired) electrons. The lowest BCUT2D eigenvalue weighted by molar-refractivity contribution is -0.116. The molecule has 4 nitrogen and oxygen atoms in total. The highest BCUT2D eigenvalue weighted by molar-refractivity contribution is 7.99. The first-order valence-corrected chi connectivity index (χ1v) is 7.47. The second kappa shape index (κ2) is 7.05. The molecule has 5 heteroatoms. The Balaban J connectivity index is 2.00. The van der Waals surface area contributed by atoms with Crippen LogP contribution in [-0.2, 0) is 4.79 Å². The number of nitrogens with zero attached hydrogens (tertiary/aromatic N) is 3. The van der Waals surface area contributed by atoms with E-state index in [2.05, 4.69) is 9.97 Å². The largest absolute Gasteiger partial charge is 0.312 e. The first-order chi connectivity index (χ1) is 9.70. The van der Waals surface area contributed by atoms with Crippen molar-refractivity contribution < 1.29 is 4.79 Å². The van der Waals surface area contributed by atoms with Crippen molar-refractivity contribution in [1.82, 2.24) is 9.97 Å². The Hall–Kier alpha value is -1.88. The molecule has 0 unspecified atom stereocenters. The van der Waals surface area contributed by atoms with E-state index in [0.29, 0.717) is 17.5 Å². The first-order valence-electron chi connectivity index (χ1n) is 6.48. The van der Waals surface area contributed by atoms with Crippen LogP contribution in [0, 0.1) is 6.92 Å². The molecule has 104 valence electrons. The Morgan fingerprint density at radius 1 is 1.25 bits per heavy atom. The van der Waals surface area contributed by atoms with Gasteiger partial charge in [-0.25, -0.2) is 9.97 Å². The number of benzene rings is 1. The Morgan fingerprint density at radius 2 is 2.00 bits per heavy atom. The van der Waals surface area contributed by atoms with Gasteiger partial charge in [0.15, 0.2) is 5.16 Å². The van der Waals surface area contributed by atoms with Gasteiger partial charge in [-0.15, -0.1) is 0 Å². The van der Waals surface area contributed by atoms with Crippen LogP contribution in [-0.4, -0.2) is 28.2 Å². The van der Waals surface area contributed by atoms with Gasteiger partial charge in [-0.05, 0) is 32.0 Å². The van der Waals surface area contributed by atoms with E-state index < -0.39 is 0 Å². The highest BCUT2D eigenvalue weighted by Crippen LogP contribution is 2.17. The summed E-state index contributed by atoms with van der Waals surface area (Å²) in [6.07, 6.45) is 1.71. The number of thioether (sulfide) groups is 1.